The van der Waals surface area contributed by atoms with Crippen molar-refractivity contribution in [2.24, 2.45) is 5.92 Å². The summed E-state index contributed by atoms with van der Waals surface area (Å²) in [5, 5.41) is 13.1. The third kappa shape index (κ3) is 5.25. The van der Waals surface area contributed by atoms with Gasteiger partial charge in [-0.3, -0.25) is 9.69 Å². The van der Waals surface area contributed by atoms with E-state index in [1.807, 2.05) is 55.5 Å². The number of likely N-dealkylation sites (tertiary alicyclic amines) is 1. The number of nitrogens with zero attached hydrogens (tertiary/aromatic N) is 3. The number of carbonyl (C=O) groups is 3. The Morgan fingerprint density at radius 2 is 1.98 bits per heavy atom. The van der Waals surface area contributed by atoms with Gasteiger partial charge in [0.05, 0.1) is 39.9 Å². The number of amides is 3. The number of rotatable bonds is 8. The molecule has 2 aliphatic rings. The molecule has 1 radical (unpaired) electrons. The third-order valence-electron chi connectivity index (χ3n) is 7.71. The first-order valence-electron chi connectivity index (χ1n) is 14.0. The maximum Gasteiger partial charge on any atom is 0.331 e. The SMILES string of the molecule is Cc1cc(Oc2ccccc2)ccc1N1C(=O)Nc2c(C(=O)[B]C3CCCN(C(=O)[C@@H](C)CO)C3)sc3nccc1c23. The molecule has 9 nitrogen and oxygen atoms in total. The van der Waals surface area contributed by atoms with E-state index in [4.69, 9.17) is 4.74 Å². The molecule has 1 fully saturated rings. The Kier molecular flexibility index (Phi) is 7.70. The van der Waals surface area contributed by atoms with Gasteiger partial charge >= 0.3 is 6.03 Å². The maximum absolute atomic E-state index is 13.6. The smallest absolute Gasteiger partial charge is 0.331 e. The number of urea groups is 1. The van der Waals surface area contributed by atoms with Crippen LogP contribution < -0.4 is 15.0 Å². The second kappa shape index (κ2) is 11.6. The highest BCUT2D eigenvalue weighted by Gasteiger charge is 2.35. The molecule has 42 heavy (non-hydrogen) atoms. The molecular formula is C31H30BN4O5S. The molecule has 2 atom stereocenters. The lowest BCUT2D eigenvalue weighted by atomic mass is 9.57. The molecule has 1 unspecified atom stereocenters. The number of anilines is 3. The van der Waals surface area contributed by atoms with E-state index in [-0.39, 0.29) is 30.0 Å². The van der Waals surface area contributed by atoms with E-state index in [0.29, 0.717) is 45.6 Å². The van der Waals surface area contributed by atoms with Gasteiger partial charge in [0, 0.05) is 19.3 Å². The zero-order chi connectivity index (χ0) is 29.4. The number of benzene rings is 2. The summed E-state index contributed by atoms with van der Waals surface area (Å²) in [6.45, 7) is 4.47. The minimum absolute atomic E-state index is 0.101. The van der Waals surface area contributed by atoms with Crippen LogP contribution in [0.4, 0.5) is 21.9 Å². The lowest BCUT2D eigenvalue weighted by molar-refractivity contribution is -0.137. The van der Waals surface area contributed by atoms with E-state index in [1.54, 1.807) is 36.3 Å². The summed E-state index contributed by atoms with van der Waals surface area (Å²) in [6.07, 6.45) is 3.22. The van der Waals surface area contributed by atoms with Crippen LogP contribution in [0.2, 0.25) is 5.82 Å². The van der Waals surface area contributed by atoms with Crippen LogP contribution in [0.5, 0.6) is 11.5 Å². The number of aliphatic hydroxyl groups is 1. The van der Waals surface area contributed by atoms with Gasteiger partial charge < -0.3 is 24.9 Å². The van der Waals surface area contributed by atoms with Crippen LogP contribution in [0.15, 0.2) is 60.8 Å². The van der Waals surface area contributed by atoms with Gasteiger partial charge in [0.15, 0.2) is 0 Å². The van der Waals surface area contributed by atoms with Gasteiger partial charge in [-0.15, -0.1) is 11.3 Å². The van der Waals surface area contributed by atoms with Crippen molar-refractivity contribution in [1.82, 2.24) is 9.88 Å². The standard InChI is InChI=1S/C31H30BN4O5S/c1-18-15-22(41-21-8-4-3-5-9-21)10-11-23(18)36-24-12-13-33-29-25(24)26(34-31(36)40)27(42-29)28(38)32-20-7-6-14-35(16-20)30(39)19(2)17-37/h3-5,8-13,15,19-20,37H,6-7,14,16-17H2,1-2H3,(H,34,40)/t19-,20?/m0/s1. The molecule has 0 aliphatic carbocycles. The number of thiophene rings is 1. The van der Waals surface area contributed by atoms with Crippen LogP contribution in [0.25, 0.3) is 10.2 Å². The number of aryl methyl sites for hydroxylation is 1. The summed E-state index contributed by atoms with van der Waals surface area (Å²) in [5.41, 5.74) is 2.47. The molecule has 1 saturated heterocycles. The zero-order valence-corrected chi connectivity index (χ0v) is 24.2. The highest BCUT2D eigenvalue weighted by molar-refractivity contribution is 7.23. The van der Waals surface area contributed by atoms with Crippen molar-refractivity contribution in [3.05, 3.63) is 71.2 Å². The van der Waals surface area contributed by atoms with Crippen molar-refractivity contribution in [2.45, 2.75) is 32.5 Å². The molecule has 4 aromatic rings. The molecular weight excluding hydrogens is 551 g/mol. The van der Waals surface area contributed by atoms with E-state index in [1.165, 1.54) is 11.3 Å². The molecule has 2 aliphatic heterocycles. The van der Waals surface area contributed by atoms with Crippen molar-refractivity contribution in [3.8, 4) is 11.5 Å². The third-order valence-corrected chi connectivity index (χ3v) is 8.82. The number of carbonyl (C=O) groups excluding carboxylic acids is 3. The molecule has 0 saturated carbocycles. The second-order valence-electron chi connectivity index (χ2n) is 10.7. The van der Waals surface area contributed by atoms with Crippen molar-refractivity contribution >= 4 is 63.5 Å². The number of para-hydroxylation sites is 1. The number of hydrogen-bond donors (Lipinski definition) is 2. The number of nitrogens with one attached hydrogen (secondary N) is 1. The van der Waals surface area contributed by atoms with Crippen LogP contribution in [0.1, 0.15) is 35.0 Å². The van der Waals surface area contributed by atoms with E-state index in [2.05, 4.69) is 10.3 Å². The quantitative estimate of drug-likeness (QED) is 0.248. The lowest BCUT2D eigenvalue weighted by Crippen LogP contribution is -2.43. The Balaban J connectivity index is 1.26. The summed E-state index contributed by atoms with van der Waals surface area (Å²) in [5.74, 6) is 0.705. The van der Waals surface area contributed by atoms with E-state index in [0.717, 1.165) is 29.5 Å². The van der Waals surface area contributed by atoms with Gasteiger partial charge in [-0.2, -0.15) is 0 Å². The molecule has 2 aromatic carbocycles. The number of aromatic nitrogens is 1. The highest BCUT2D eigenvalue weighted by Crippen LogP contribution is 2.47. The average Bonchev–Trinajstić information content (AvgIpc) is 3.37. The van der Waals surface area contributed by atoms with Crippen molar-refractivity contribution in [1.29, 1.82) is 0 Å². The van der Waals surface area contributed by atoms with Crippen LogP contribution in [-0.2, 0) is 4.79 Å². The molecule has 2 N–H and O–H groups in total. The van der Waals surface area contributed by atoms with Gasteiger partial charge in [0.1, 0.15) is 22.0 Å². The molecule has 0 bridgehead atoms. The minimum Gasteiger partial charge on any atom is -0.457 e. The average molecular weight is 581 g/mol. The number of pyridine rings is 1. The summed E-state index contributed by atoms with van der Waals surface area (Å²) in [6, 6.07) is 16.5. The fourth-order valence-electron chi connectivity index (χ4n) is 5.59. The normalized spacial score (nSPS) is 17.1. The largest absolute Gasteiger partial charge is 0.457 e. The van der Waals surface area contributed by atoms with E-state index in [9.17, 15) is 19.5 Å². The Morgan fingerprint density at radius 1 is 1.17 bits per heavy atom. The van der Waals surface area contributed by atoms with Gasteiger partial charge in [0.25, 0.3) is 0 Å². The summed E-state index contributed by atoms with van der Waals surface area (Å²) >= 11 is 1.26. The predicted octanol–water partition coefficient (Wildman–Crippen LogP) is 5.96. The summed E-state index contributed by atoms with van der Waals surface area (Å²) in [7, 11) is 1.66. The number of hydrogen-bond acceptors (Lipinski definition) is 7. The van der Waals surface area contributed by atoms with Crippen molar-refractivity contribution in [3.63, 3.8) is 0 Å². The lowest BCUT2D eigenvalue weighted by Gasteiger charge is -2.33. The first-order chi connectivity index (χ1) is 20.3. The van der Waals surface area contributed by atoms with Gasteiger partial charge in [0.2, 0.25) is 13.2 Å². The van der Waals surface area contributed by atoms with Gasteiger partial charge in [-0.25, -0.2) is 9.78 Å². The summed E-state index contributed by atoms with van der Waals surface area (Å²) in [4.78, 5) is 48.7. The highest BCUT2D eigenvalue weighted by atomic mass is 32.1. The molecule has 213 valence electrons. The number of ether oxygens (including phenoxy) is 1. The second-order valence-corrected chi connectivity index (χ2v) is 11.7. The first-order valence-corrected chi connectivity index (χ1v) is 14.8. The van der Waals surface area contributed by atoms with E-state index < -0.39 is 5.92 Å². The molecule has 0 spiro atoms. The zero-order valence-electron chi connectivity index (χ0n) is 23.4. The minimum atomic E-state index is -0.467. The van der Waals surface area contributed by atoms with Gasteiger partial charge in [-0.1, -0.05) is 31.5 Å². The van der Waals surface area contributed by atoms with Crippen LogP contribution in [-0.4, -0.2) is 59.6 Å². The molecule has 2 aromatic heterocycles. The van der Waals surface area contributed by atoms with Crippen LogP contribution in [0, 0.1) is 12.8 Å². The summed E-state index contributed by atoms with van der Waals surface area (Å²) < 4.78 is 5.97. The monoisotopic (exact) mass is 581 g/mol. The fraction of sp³-hybridized carbons (Fsp3) is 0.290. The molecule has 4 heterocycles. The first kappa shape index (κ1) is 27.9. The van der Waals surface area contributed by atoms with E-state index >= 15 is 0 Å². The van der Waals surface area contributed by atoms with Crippen molar-refractivity contribution in [2.75, 3.05) is 29.9 Å². The Hall–Kier alpha value is -4.22. The fourth-order valence-corrected chi connectivity index (χ4v) is 6.63. The Morgan fingerprint density at radius 3 is 2.74 bits per heavy atom. The predicted molar refractivity (Wildman–Crippen MR) is 164 cm³/mol. The molecule has 3 amide bonds. The number of piperidine rings is 1. The molecule has 6 rings (SSSR count). The Labute approximate surface area is 248 Å². The Bertz CT molecular complexity index is 1680. The van der Waals surface area contributed by atoms with Gasteiger partial charge in [-0.05, 0) is 61.1 Å². The molecule has 11 heteroatoms. The van der Waals surface area contributed by atoms with Crippen LogP contribution in [0.3, 0.4) is 0 Å². The maximum atomic E-state index is 13.6. The van der Waals surface area contributed by atoms with Crippen molar-refractivity contribution < 1.29 is 24.2 Å². The topological polar surface area (TPSA) is 112 Å². The number of aliphatic hydroxyl groups excluding tert-OH is 1. The van der Waals surface area contributed by atoms with Crippen LogP contribution >= 0.6 is 11.3 Å².